The van der Waals surface area contributed by atoms with Gasteiger partial charge in [0.1, 0.15) is 11.4 Å². The molecule has 45 heavy (non-hydrogen) atoms. The first-order valence-electron chi connectivity index (χ1n) is 15.4. The third-order valence-corrected chi connectivity index (χ3v) is 8.23. The smallest absolute Gasteiger partial charge is 0.410 e. The van der Waals surface area contributed by atoms with E-state index >= 15 is 0 Å². The average molecular weight is 625 g/mol. The maximum atomic E-state index is 14.2. The Bertz CT molecular complexity index is 1470. The van der Waals surface area contributed by atoms with Gasteiger partial charge in [-0.1, -0.05) is 24.3 Å². The lowest BCUT2D eigenvalue weighted by molar-refractivity contribution is 0.0204. The van der Waals surface area contributed by atoms with Gasteiger partial charge in [-0.15, -0.1) is 0 Å². The predicted octanol–water partition coefficient (Wildman–Crippen LogP) is 5.50. The van der Waals surface area contributed by atoms with E-state index in [4.69, 9.17) is 14.6 Å². The number of urea groups is 1. The number of halogens is 2. The number of amides is 3. The summed E-state index contributed by atoms with van der Waals surface area (Å²) in [6, 6.07) is 14.5. The van der Waals surface area contributed by atoms with Crippen LogP contribution >= 0.6 is 0 Å². The second kappa shape index (κ2) is 13.9. The van der Waals surface area contributed by atoms with Crippen molar-refractivity contribution in [3.63, 3.8) is 0 Å². The fourth-order valence-corrected chi connectivity index (χ4v) is 5.97. The van der Waals surface area contributed by atoms with Gasteiger partial charge in [-0.05, 0) is 63.4 Å². The maximum absolute atomic E-state index is 14.2. The third kappa shape index (κ3) is 8.17. The van der Waals surface area contributed by atoms with E-state index in [-0.39, 0.29) is 24.0 Å². The van der Waals surface area contributed by atoms with Crippen molar-refractivity contribution in [2.45, 2.75) is 57.1 Å². The van der Waals surface area contributed by atoms with Crippen LogP contribution in [0, 0.1) is 11.6 Å². The number of hydrogen-bond acceptors (Lipinski definition) is 6. The fourth-order valence-electron chi connectivity index (χ4n) is 5.97. The summed E-state index contributed by atoms with van der Waals surface area (Å²) in [5.74, 6) is -1.47. The number of ether oxygens (including phenoxy) is 2. The van der Waals surface area contributed by atoms with Crippen LogP contribution in [-0.2, 0) is 9.47 Å². The molecule has 0 saturated carbocycles. The van der Waals surface area contributed by atoms with Gasteiger partial charge in [0, 0.05) is 57.7 Å². The molecule has 2 aromatic carbocycles. The average Bonchev–Trinajstić information content (AvgIpc) is 3.61. The van der Waals surface area contributed by atoms with E-state index < -0.39 is 23.3 Å². The molecule has 1 aromatic heterocycles. The lowest BCUT2D eigenvalue weighted by atomic mass is 9.94. The zero-order valence-corrected chi connectivity index (χ0v) is 26.3. The number of nitrogens with one attached hydrogen (secondary N) is 2. The van der Waals surface area contributed by atoms with Crippen molar-refractivity contribution in [1.29, 1.82) is 0 Å². The summed E-state index contributed by atoms with van der Waals surface area (Å²) in [7, 11) is 1.63. The molecule has 5 rings (SSSR count). The van der Waals surface area contributed by atoms with Crippen LogP contribution in [0.1, 0.15) is 56.7 Å². The number of para-hydroxylation sites is 1. The zero-order chi connectivity index (χ0) is 32.1. The Morgan fingerprint density at radius 3 is 2.40 bits per heavy atom. The molecule has 0 spiro atoms. The molecule has 2 aliphatic heterocycles. The molecular formula is C33H42F2N6O4. The fraction of sp³-hybridized carbons (Fsp3) is 0.485. The highest BCUT2D eigenvalue weighted by Gasteiger charge is 2.35. The molecule has 2 fully saturated rings. The van der Waals surface area contributed by atoms with Crippen molar-refractivity contribution in [2.24, 2.45) is 0 Å². The Balaban J connectivity index is 1.31. The molecule has 2 atom stereocenters. The van der Waals surface area contributed by atoms with Crippen LogP contribution < -0.4 is 10.6 Å². The van der Waals surface area contributed by atoms with E-state index in [0.29, 0.717) is 63.6 Å². The van der Waals surface area contributed by atoms with Gasteiger partial charge in [-0.2, -0.15) is 5.10 Å². The summed E-state index contributed by atoms with van der Waals surface area (Å²) in [6.07, 6.45) is 1.11. The number of aromatic nitrogens is 2. The van der Waals surface area contributed by atoms with E-state index in [2.05, 4.69) is 15.5 Å². The summed E-state index contributed by atoms with van der Waals surface area (Å²) in [6.45, 7) is 8.91. The van der Waals surface area contributed by atoms with E-state index in [0.717, 1.165) is 17.4 Å². The minimum absolute atomic E-state index is 0.0965. The number of hydrogen-bond donors (Lipinski definition) is 2. The summed E-state index contributed by atoms with van der Waals surface area (Å²) < 4.78 is 40.3. The summed E-state index contributed by atoms with van der Waals surface area (Å²) in [5, 5.41) is 10.9. The number of carbonyl (C=O) groups is 2. The highest BCUT2D eigenvalue weighted by molar-refractivity contribution is 5.89. The minimum atomic E-state index is -0.915. The summed E-state index contributed by atoms with van der Waals surface area (Å²) in [5.41, 5.74) is 1.67. The number of likely N-dealkylation sites (tertiary alicyclic amines) is 2. The molecule has 3 aromatic rings. The quantitative estimate of drug-likeness (QED) is 0.343. The summed E-state index contributed by atoms with van der Waals surface area (Å²) >= 11 is 0. The van der Waals surface area contributed by atoms with Crippen LogP contribution in [-0.4, -0.2) is 89.8 Å². The molecule has 2 aliphatic rings. The van der Waals surface area contributed by atoms with Gasteiger partial charge in [0.25, 0.3) is 0 Å². The molecule has 0 radical (unpaired) electrons. The SMILES string of the molecule is COCCN1C[C@@H](NC(=O)Nc2cc(C3CCN(C(=O)OC(C)(C)C)CC3)nn2-c2ccccc2)[C@H](c2ccc(F)c(F)c2)C1. The second-order valence-corrected chi connectivity index (χ2v) is 12.7. The number of piperidine rings is 1. The van der Waals surface area contributed by atoms with Crippen LogP contribution in [0.15, 0.2) is 54.6 Å². The molecule has 3 amide bonds. The van der Waals surface area contributed by atoms with Crippen LogP contribution in [0.5, 0.6) is 0 Å². The molecule has 242 valence electrons. The molecule has 2 N–H and O–H groups in total. The number of methoxy groups -OCH3 is 1. The van der Waals surface area contributed by atoms with Crippen LogP contribution in [0.3, 0.4) is 0 Å². The monoisotopic (exact) mass is 624 g/mol. The Hall–Kier alpha value is -4.03. The van der Waals surface area contributed by atoms with Gasteiger partial charge in [-0.3, -0.25) is 10.2 Å². The first-order chi connectivity index (χ1) is 21.5. The van der Waals surface area contributed by atoms with Crippen LogP contribution in [0.25, 0.3) is 5.69 Å². The number of anilines is 1. The van der Waals surface area contributed by atoms with Crippen molar-refractivity contribution in [1.82, 2.24) is 24.9 Å². The Morgan fingerprint density at radius 2 is 1.73 bits per heavy atom. The first-order valence-corrected chi connectivity index (χ1v) is 15.4. The first kappa shape index (κ1) is 32.4. The van der Waals surface area contributed by atoms with Gasteiger partial charge in [-0.25, -0.2) is 23.1 Å². The highest BCUT2D eigenvalue weighted by Crippen LogP contribution is 2.32. The van der Waals surface area contributed by atoms with Crippen molar-refractivity contribution < 1.29 is 27.8 Å². The van der Waals surface area contributed by atoms with Crippen molar-refractivity contribution >= 4 is 17.9 Å². The molecule has 0 bridgehead atoms. The second-order valence-electron chi connectivity index (χ2n) is 12.7. The van der Waals surface area contributed by atoms with Crippen molar-refractivity contribution in [2.75, 3.05) is 51.8 Å². The van der Waals surface area contributed by atoms with Crippen molar-refractivity contribution in [3.05, 3.63) is 77.5 Å². The van der Waals surface area contributed by atoms with E-state index in [1.807, 2.05) is 57.2 Å². The maximum Gasteiger partial charge on any atom is 0.410 e. The molecule has 3 heterocycles. The molecule has 10 nitrogen and oxygen atoms in total. The molecule has 12 heteroatoms. The Morgan fingerprint density at radius 1 is 1.00 bits per heavy atom. The van der Waals surface area contributed by atoms with E-state index in [9.17, 15) is 18.4 Å². The normalized spacial score (nSPS) is 19.5. The number of carbonyl (C=O) groups excluding carboxylic acids is 2. The lowest BCUT2D eigenvalue weighted by Gasteiger charge is -2.32. The molecule has 0 unspecified atom stereocenters. The Labute approximate surface area is 262 Å². The highest BCUT2D eigenvalue weighted by atomic mass is 19.2. The molecular weight excluding hydrogens is 582 g/mol. The van der Waals surface area contributed by atoms with Crippen LogP contribution in [0.4, 0.5) is 24.2 Å². The van der Waals surface area contributed by atoms with Gasteiger partial charge in [0.2, 0.25) is 0 Å². The number of nitrogens with zero attached hydrogens (tertiary/aromatic N) is 4. The van der Waals surface area contributed by atoms with Crippen LogP contribution in [0.2, 0.25) is 0 Å². The number of rotatable bonds is 8. The summed E-state index contributed by atoms with van der Waals surface area (Å²) in [4.78, 5) is 29.9. The standard InChI is InChI=1S/C33H42F2N6O4/c1-33(2,3)45-32(43)40-14-12-22(13-15-40)28-19-30(41(38-28)24-8-6-5-7-9-24)37-31(42)36-29-21-39(16-17-44-4)20-25(29)23-10-11-26(34)27(35)18-23/h5-11,18-19,22,25,29H,12-17,20-21H2,1-4H3,(H2,36,37,42)/t25-,29+/m0/s1. The lowest BCUT2D eigenvalue weighted by Crippen LogP contribution is -2.42. The largest absolute Gasteiger partial charge is 0.444 e. The molecule has 2 saturated heterocycles. The Kier molecular flexibility index (Phi) is 10.0. The van der Waals surface area contributed by atoms with E-state index in [1.54, 1.807) is 22.8 Å². The third-order valence-electron chi connectivity index (χ3n) is 8.23. The topological polar surface area (TPSA) is 101 Å². The van der Waals surface area contributed by atoms with E-state index in [1.165, 1.54) is 6.07 Å². The number of benzene rings is 2. The zero-order valence-electron chi connectivity index (χ0n) is 26.3. The van der Waals surface area contributed by atoms with Gasteiger partial charge in [0.05, 0.1) is 24.0 Å². The molecule has 0 aliphatic carbocycles. The predicted molar refractivity (Wildman–Crippen MR) is 167 cm³/mol. The van der Waals surface area contributed by atoms with Gasteiger partial charge in [0.15, 0.2) is 11.6 Å². The van der Waals surface area contributed by atoms with Gasteiger partial charge < -0.3 is 19.7 Å². The minimum Gasteiger partial charge on any atom is -0.444 e. The van der Waals surface area contributed by atoms with Gasteiger partial charge >= 0.3 is 12.1 Å². The van der Waals surface area contributed by atoms with Crippen molar-refractivity contribution in [3.8, 4) is 5.69 Å².